The first-order chi connectivity index (χ1) is 12.5. The molecule has 0 spiro atoms. The second kappa shape index (κ2) is 6.56. The molecule has 6 nitrogen and oxygen atoms in total. The van der Waals surface area contributed by atoms with Gasteiger partial charge in [0.25, 0.3) is 0 Å². The van der Waals surface area contributed by atoms with Crippen LogP contribution in [0.1, 0.15) is 12.2 Å². The highest BCUT2D eigenvalue weighted by Gasteiger charge is 2.29. The number of nitrogens with two attached hydrogens (primary N) is 1. The van der Waals surface area contributed by atoms with E-state index in [9.17, 15) is 13.2 Å². The number of hydrogen-bond acceptors (Lipinski definition) is 5. The molecule has 1 aliphatic heterocycles. The smallest absolute Gasteiger partial charge is 0.207 e. The van der Waals surface area contributed by atoms with Gasteiger partial charge in [0, 0.05) is 13.1 Å². The number of piperidine rings is 1. The zero-order valence-corrected chi connectivity index (χ0v) is 13.8. The first-order valence-corrected chi connectivity index (χ1v) is 8.28. The van der Waals surface area contributed by atoms with Crippen molar-refractivity contribution >= 4 is 17.0 Å². The maximum Gasteiger partial charge on any atom is 0.207 e. The molecule has 1 saturated heterocycles. The van der Waals surface area contributed by atoms with E-state index in [0.29, 0.717) is 42.3 Å². The lowest BCUT2D eigenvalue weighted by Crippen LogP contribution is -2.50. The Morgan fingerprint density at radius 3 is 2.65 bits per heavy atom. The Bertz CT molecular complexity index is 926. The number of hydrogen-bond donors (Lipinski definition) is 1. The molecule has 1 aromatic carbocycles. The Morgan fingerprint density at radius 1 is 1.15 bits per heavy atom. The van der Waals surface area contributed by atoms with Crippen molar-refractivity contribution in [1.29, 1.82) is 0 Å². The molecular formula is C17H17F3N6. The number of imidazole rings is 1. The molecule has 0 bridgehead atoms. The molecule has 4 rings (SSSR count). The summed E-state index contributed by atoms with van der Waals surface area (Å²) in [5.41, 5.74) is 7.02. The predicted molar refractivity (Wildman–Crippen MR) is 90.5 cm³/mol. The maximum absolute atomic E-state index is 13.8. The van der Waals surface area contributed by atoms with Crippen molar-refractivity contribution < 1.29 is 13.2 Å². The maximum atomic E-state index is 13.8. The Kier molecular flexibility index (Phi) is 4.23. The molecule has 0 amide bonds. The third kappa shape index (κ3) is 3.10. The van der Waals surface area contributed by atoms with Crippen molar-refractivity contribution in [3.8, 4) is 0 Å². The highest BCUT2D eigenvalue weighted by Crippen LogP contribution is 2.27. The van der Waals surface area contributed by atoms with E-state index in [0.717, 1.165) is 12.4 Å². The van der Waals surface area contributed by atoms with Gasteiger partial charge >= 0.3 is 0 Å². The van der Waals surface area contributed by atoms with Crippen LogP contribution in [-0.4, -0.2) is 44.8 Å². The molecule has 1 fully saturated rings. The number of alkyl halides is 1. The van der Waals surface area contributed by atoms with Crippen molar-refractivity contribution in [3.63, 3.8) is 0 Å². The van der Waals surface area contributed by atoms with Gasteiger partial charge in [-0.1, -0.05) is 0 Å². The highest BCUT2D eigenvalue weighted by atomic mass is 19.1. The summed E-state index contributed by atoms with van der Waals surface area (Å²) >= 11 is 0. The fraction of sp³-hybridized carbons (Fsp3) is 0.353. The van der Waals surface area contributed by atoms with Crippen LogP contribution in [0, 0.1) is 11.6 Å². The highest BCUT2D eigenvalue weighted by molar-refractivity contribution is 5.79. The Balaban J connectivity index is 1.77. The van der Waals surface area contributed by atoms with E-state index in [1.807, 2.05) is 4.90 Å². The molecule has 2 atom stereocenters. The van der Waals surface area contributed by atoms with Crippen molar-refractivity contribution in [2.24, 2.45) is 5.73 Å². The molecule has 1 aliphatic rings. The molecule has 0 radical (unpaired) electrons. The third-order valence-corrected chi connectivity index (χ3v) is 4.52. The molecule has 3 aromatic rings. The van der Waals surface area contributed by atoms with Crippen LogP contribution in [0.15, 0.2) is 30.6 Å². The zero-order chi connectivity index (χ0) is 18.3. The van der Waals surface area contributed by atoms with E-state index in [1.165, 1.54) is 12.1 Å². The molecule has 0 saturated carbocycles. The second-order valence-corrected chi connectivity index (χ2v) is 6.36. The van der Waals surface area contributed by atoms with Gasteiger partial charge in [0.15, 0.2) is 5.82 Å². The Labute approximate surface area is 147 Å². The molecule has 2 N–H and O–H groups in total. The van der Waals surface area contributed by atoms with E-state index in [1.54, 1.807) is 10.6 Å². The Hall–Kier alpha value is -2.68. The van der Waals surface area contributed by atoms with Crippen molar-refractivity contribution in [1.82, 2.24) is 19.5 Å². The number of nitrogens with zero attached hydrogens (tertiary/aromatic N) is 5. The summed E-state index contributed by atoms with van der Waals surface area (Å²) in [6.07, 6.45) is 1.39. The topological polar surface area (TPSA) is 72.9 Å². The first kappa shape index (κ1) is 16.8. The van der Waals surface area contributed by atoms with E-state index in [2.05, 4.69) is 15.0 Å². The minimum absolute atomic E-state index is 0.181. The SMILES string of the molecule is N[C@@H]1CN(c2nc3ccc(F)cc3n2Cc2ncc(F)cn2)CCC1F. The Morgan fingerprint density at radius 2 is 1.92 bits per heavy atom. The molecular weight excluding hydrogens is 345 g/mol. The number of aromatic nitrogens is 4. The van der Waals surface area contributed by atoms with Gasteiger partial charge in [-0.3, -0.25) is 0 Å². The van der Waals surface area contributed by atoms with Crippen LogP contribution < -0.4 is 10.6 Å². The number of fused-ring (bicyclic) bond motifs is 1. The summed E-state index contributed by atoms with van der Waals surface area (Å²) in [7, 11) is 0. The van der Waals surface area contributed by atoms with Crippen molar-refractivity contribution in [3.05, 3.63) is 48.1 Å². The molecule has 9 heteroatoms. The van der Waals surface area contributed by atoms with Crippen LogP contribution in [-0.2, 0) is 6.54 Å². The van der Waals surface area contributed by atoms with Crippen molar-refractivity contribution in [2.45, 2.75) is 25.2 Å². The van der Waals surface area contributed by atoms with E-state index in [4.69, 9.17) is 5.73 Å². The van der Waals surface area contributed by atoms with Gasteiger partial charge < -0.3 is 15.2 Å². The summed E-state index contributed by atoms with van der Waals surface area (Å²) in [6.45, 7) is 0.933. The van der Waals surface area contributed by atoms with Crippen molar-refractivity contribution in [2.75, 3.05) is 18.0 Å². The minimum atomic E-state index is -1.05. The summed E-state index contributed by atoms with van der Waals surface area (Å²) in [5, 5.41) is 0. The standard InChI is InChI=1S/C17H17F3N6/c18-10-1-2-14-15(5-10)26(9-16-22-6-11(19)7-23-16)17(24-14)25-4-3-12(20)13(21)8-25/h1-2,5-7,12-13H,3-4,8-9,21H2/t12?,13-/m1/s1. The van der Waals surface area contributed by atoms with Crippen LogP contribution >= 0.6 is 0 Å². The lowest BCUT2D eigenvalue weighted by Gasteiger charge is -2.34. The van der Waals surface area contributed by atoms with Crippen LogP contribution in [0.4, 0.5) is 19.1 Å². The van der Waals surface area contributed by atoms with Crippen LogP contribution in [0.2, 0.25) is 0 Å². The van der Waals surface area contributed by atoms with Gasteiger partial charge in [0.2, 0.25) is 5.95 Å². The fourth-order valence-corrected chi connectivity index (χ4v) is 3.18. The van der Waals surface area contributed by atoms with Crippen LogP contribution in [0.3, 0.4) is 0 Å². The van der Waals surface area contributed by atoms with Gasteiger partial charge in [-0.05, 0) is 24.6 Å². The second-order valence-electron chi connectivity index (χ2n) is 6.36. The minimum Gasteiger partial charge on any atom is -0.340 e. The summed E-state index contributed by atoms with van der Waals surface area (Å²) < 4.78 is 42.3. The largest absolute Gasteiger partial charge is 0.340 e. The van der Waals surface area contributed by atoms with Gasteiger partial charge in [0.1, 0.15) is 17.8 Å². The van der Waals surface area contributed by atoms with Crippen LogP contribution in [0.5, 0.6) is 0 Å². The van der Waals surface area contributed by atoms with Gasteiger partial charge in [0.05, 0.1) is 36.0 Å². The lowest BCUT2D eigenvalue weighted by atomic mass is 10.1. The number of rotatable bonds is 3. The van der Waals surface area contributed by atoms with Gasteiger partial charge in [-0.25, -0.2) is 28.1 Å². The summed E-state index contributed by atoms with van der Waals surface area (Å²) in [4.78, 5) is 14.4. The zero-order valence-electron chi connectivity index (χ0n) is 13.8. The molecule has 0 aliphatic carbocycles. The summed E-state index contributed by atoms with van der Waals surface area (Å²) in [5.74, 6) is -0.0300. The van der Waals surface area contributed by atoms with Gasteiger partial charge in [-0.15, -0.1) is 0 Å². The molecule has 1 unspecified atom stereocenters. The number of halogens is 3. The molecule has 3 heterocycles. The third-order valence-electron chi connectivity index (χ3n) is 4.52. The predicted octanol–water partition coefficient (Wildman–Crippen LogP) is 2.03. The monoisotopic (exact) mass is 362 g/mol. The van der Waals surface area contributed by atoms with Gasteiger partial charge in [-0.2, -0.15) is 0 Å². The van der Waals surface area contributed by atoms with Crippen LogP contribution in [0.25, 0.3) is 11.0 Å². The quantitative estimate of drug-likeness (QED) is 0.772. The average Bonchev–Trinajstić information content (AvgIpc) is 2.97. The number of anilines is 1. The first-order valence-electron chi connectivity index (χ1n) is 8.28. The van der Waals surface area contributed by atoms with E-state index < -0.39 is 23.8 Å². The molecule has 26 heavy (non-hydrogen) atoms. The normalized spacial score (nSPS) is 20.7. The van der Waals surface area contributed by atoms with E-state index >= 15 is 0 Å². The van der Waals surface area contributed by atoms with E-state index in [-0.39, 0.29) is 6.54 Å². The summed E-state index contributed by atoms with van der Waals surface area (Å²) in [6, 6.07) is 3.67. The lowest BCUT2D eigenvalue weighted by molar-refractivity contribution is 0.243. The number of benzene rings is 1. The average molecular weight is 362 g/mol. The molecule has 136 valence electrons. The molecule has 2 aromatic heterocycles. The fourth-order valence-electron chi connectivity index (χ4n) is 3.18.